The van der Waals surface area contributed by atoms with E-state index in [1.807, 2.05) is 4.57 Å². The number of nitrogens with zero attached hydrogens (tertiary/aromatic N) is 6. The Balaban J connectivity index is 1.78. The van der Waals surface area contributed by atoms with Crippen molar-refractivity contribution >= 4 is 5.96 Å². The SMILES string of the molecule is CCNC(=NCCCCn1cnnc1)N1CCC(N(CC)CC)C1. The number of rotatable bonds is 9. The van der Waals surface area contributed by atoms with Gasteiger partial charge >= 0.3 is 0 Å². The number of aryl methyl sites for hydroxylation is 1. The molecule has 0 aromatic carbocycles. The molecule has 24 heavy (non-hydrogen) atoms. The summed E-state index contributed by atoms with van der Waals surface area (Å²) in [5, 5.41) is 11.1. The van der Waals surface area contributed by atoms with E-state index >= 15 is 0 Å². The Kier molecular flexibility index (Phi) is 8.01. The maximum Gasteiger partial charge on any atom is 0.193 e. The Morgan fingerprint density at radius 1 is 1.21 bits per heavy atom. The van der Waals surface area contributed by atoms with E-state index in [0.29, 0.717) is 6.04 Å². The minimum atomic E-state index is 0.664. The average molecular weight is 336 g/mol. The van der Waals surface area contributed by atoms with E-state index in [9.17, 15) is 0 Å². The van der Waals surface area contributed by atoms with Gasteiger partial charge in [0.05, 0.1) is 0 Å². The van der Waals surface area contributed by atoms with Gasteiger partial charge in [0.25, 0.3) is 0 Å². The van der Waals surface area contributed by atoms with Crippen LogP contribution in [0.15, 0.2) is 17.6 Å². The smallest absolute Gasteiger partial charge is 0.193 e. The summed E-state index contributed by atoms with van der Waals surface area (Å²) in [7, 11) is 0. The number of likely N-dealkylation sites (N-methyl/N-ethyl adjacent to an activating group) is 1. The monoisotopic (exact) mass is 335 g/mol. The number of aromatic nitrogens is 3. The topological polar surface area (TPSA) is 61.6 Å². The molecule has 7 nitrogen and oxygen atoms in total. The lowest BCUT2D eigenvalue weighted by Gasteiger charge is -2.27. The van der Waals surface area contributed by atoms with E-state index in [1.165, 1.54) is 6.42 Å². The molecule has 0 saturated carbocycles. The molecule has 1 N–H and O–H groups in total. The zero-order valence-corrected chi connectivity index (χ0v) is 15.5. The largest absolute Gasteiger partial charge is 0.357 e. The summed E-state index contributed by atoms with van der Waals surface area (Å²) in [4.78, 5) is 9.81. The van der Waals surface area contributed by atoms with Crippen LogP contribution >= 0.6 is 0 Å². The van der Waals surface area contributed by atoms with Crippen LogP contribution in [0.4, 0.5) is 0 Å². The molecule has 0 radical (unpaired) electrons. The standard InChI is InChI=1S/C17H33N7/c1-4-18-17(19-10-7-8-11-22-14-20-21-15-22)24-12-9-16(13-24)23(5-2)6-3/h14-16H,4-13H2,1-3H3,(H,18,19). The van der Waals surface area contributed by atoms with E-state index in [1.54, 1.807) is 12.7 Å². The fourth-order valence-corrected chi connectivity index (χ4v) is 3.33. The molecule has 1 aromatic heterocycles. The van der Waals surface area contributed by atoms with Crippen molar-refractivity contribution in [3.8, 4) is 0 Å². The molecule has 0 spiro atoms. The van der Waals surface area contributed by atoms with Crippen molar-refractivity contribution in [3.05, 3.63) is 12.7 Å². The Bertz CT molecular complexity index is 467. The lowest BCUT2D eigenvalue weighted by atomic mass is 10.2. The first-order valence-corrected chi connectivity index (χ1v) is 9.38. The first kappa shape index (κ1) is 18.7. The van der Waals surface area contributed by atoms with E-state index in [4.69, 9.17) is 4.99 Å². The summed E-state index contributed by atoms with van der Waals surface area (Å²) in [6.07, 6.45) is 6.96. The van der Waals surface area contributed by atoms with Crippen molar-refractivity contribution in [3.63, 3.8) is 0 Å². The summed E-state index contributed by atoms with van der Waals surface area (Å²) in [5.41, 5.74) is 0. The van der Waals surface area contributed by atoms with Crippen LogP contribution < -0.4 is 5.32 Å². The zero-order chi connectivity index (χ0) is 17.2. The number of likely N-dealkylation sites (tertiary alicyclic amines) is 1. The van der Waals surface area contributed by atoms with E-state index in [2.05, 4.69) is 46.1 Å². The Hall–Kier alpha value is -1.63. The number of hydrogen-bond donors (Lipinski definition) is 1. The second-order valence-corrected chi connectivity index (χ2v) is 6.25. The molecule has 7 heteroatoms. The molecule has 0 aliphatic carbocycles. The van der Waals surface area contributed by atoms with Gasteiger partial charge in [-0.15, -0.1) is 10.2 Å². The number of aliphatic imine (C=N–C) groups is 1. The average Bonchev–Trinajstić information content (AvgIpc) is 3.27. The van der Waals surface area contributed by atoms with Crippen LogP contribution in [-0.4, -0.2) is 75.8 Å². The Morgan fingerprint density at radius 3 is 2.62 bits per heavy atom. The molecule has 0 amide bonds. The minimum absolute atomic E-state index is 0.664. The molecular weight excluding hydrogens is 302 g/mol. The number of hydrogen-bond acceptors (Lipinski definition) is 4. The molecule has 0 bridgehead atoms. The summed E-state index contributed by atoms with van der Waals surface area (Å²) in [6.45, 7) is 13.9. The van der Waals surface area contributed by atoms with Crippen molar-refractivity contribution in [1.82, 2.24) is 29.9 Å². The fraction of sp³-hybridized carbons (Fsp3) is 0.824. The normalized spacial score (nSPS) is 18.6. The van der Waals surface area contributed by atoms with Crippen LogP contribution in [0.2, 0.25) is 0 Å². The zero-order valence-electron chi connectivity index (χ0n) is 15.5. The van der Waals surface area contributed by atoms with Crippen LogP contribution in [0, 0.1) is 0 Å². The van der Waals surface area contributed by atoms with E-state index in [0.717, 1.165) is 64.6 Å². The van der Waals surface area contributed by atoms with Crippen LogP contribution in [0.5, 0.6) is 0 Å². The van der Waals surface area contributed by atoms with Crippen LogP contribution in [0.3, 0.4) is 0 Å². The first-order chi connectivity index (χ1) is 11.8. The third kappa shape index (κ3) is 5.47. The number of unbranched alkanes of at least 4 members (excludes halogenated alkanes) is 1. The molecule has 136 valence electrons. The molecule has 1 unspecified atom stereocenters. The molecule has 1 aliphatic heterocycles. The van der Waals surface area contributed by atoms with Gasteiger partial charge in [0, 0.05) is 38.8 Å². The second-order valence-electron chi connectivity index (χ2n) is 6.25. The van der Waals surface area contributed by atoms with Gasteiger partial charge in [-0.1, -0.05) is 13.8 Å². The second kappa shape index (κ2) is 10.3. The third-order valence-electron chi connectivity index (χ3n) is 4.68. The highest BCUT2D eigenvalue weighted by Gasteiger charge is 2.27. The van der Waals surface area contributed by atoms with Crippen LogP contribution in [0.25, 0.3) is 0 Å². The predicted octanol–water partition coefficient (Wildman–Crippen LogP) is 1.44. The van der Waals surface area contributed by atoms with Crippen molar-refractivity contribution in [2.24, 2.45) is 4.99 Å². The first-order valence-electron chi connectivity index (χ1n) is 9.38. The van der Waals surface area contributed by atoms with Crippen molar-refractivity contribution < 1.29 is 0 Å². The molecular formula is C17H33N7. The quantitative estimate of drug-likeness (QED) is 0.420. The molecule has 2 heterocycles. The summed E-state index contributed by atoms with van der Waals surface area (Å²) in [5.74, 6) is 1.08. The molecule has 1 atom stereocenters. The maximum atomic E-state index is 4.83. The molecule has 1 aliphatic rings. The Labute approximate surface area is 146 Å². The van der Waals surface area contributed by atoms with Gasteiger partial charge in [-0.05, 0) is 39.3 Å². The van der Waals surface area contributed by atoms with Crippen molar-refractivity contribution in [1.29, 1.82) is 0 Å². The van der Waals surface area contributed by atoms with Gasteiger partial charge in [0.1, 0.15) is 12.7 Å². The van der Waals surface area contributed by atoms with Crippen molar-refractivity contribution in [2.75, 3.05) is 39.3 Å². The maximum absolute atomic E-state index is 4.83. The Morgan fingerprint density at radius 2 is 1.96 bits per heavy atom. The fourth-order valence-electron chi connectivity index (χ4n) is 3.33. The molecule has 1 saturated heterocycles. The summed E-state index contributed by atoms with van der Waals surface area (Å²) >= 11 is 0. The van der Waals surface area contributed by atoms with Crippen molar-refractivity contribution in [2.45, 2.75) is 52.6 Å². The van der Waals surface area contributed by atoms with Gasteiger partial charge in [-0.25, -0.2) is 0 Å². The van der Waals surface area contributed by atoms with Crippen LogP contribution in [-0.2, 0) is 6.54 Å². The highest BCUT2D eigenvalue weighted by atomic mass is 15.3. The summed E-state index contributed by atoms with van der Waals surface area (Å²) in [6, 6.07) is 0.664. The lowest BCUT2D eigenvalue weighted by molar-refractivity contribution is 0.223. The molecule has 2 rings (SSSR count). The van der Waals surface area contributed by atoms with E-state index in [-0.39, 0.29) is 0 Å². The summed E-state index contributed by atoms with van der Waals surface area (Å²) < 4.78 is 2.02. The third-order valence-corrected chi connectivity index (χ3v) is 4.68. The predicted molar refractivity (Wildman–Crippen MR) is 98.1 cm³/mol. The number of nitrogens with one attached hydrogen (secondary N) is 1. The highest BCUT2D eigenvalue weighted by Crippen LogP contribution is 2.15. The van der Waals surface area contributed by atoms with Gasteiger partial charge in [0.2, 0.25) is 0 Å². The minimum Gasteiger partial charge on any atom is -0.357 e. The van der Waals surface area contributed by atoms with Crippen LogP contribution in [0.1, 0.15) is 40.0 Å². The van der Waals surface area contributed by atoms with Gasteiger partial charge in [-0.2, -0.15) is 0 Å². The highest BCUT2D eigenvalue weighted by molar-refractivity contribution is 5.80. The number of guanidine groups is 1. The molecule has 1 fully saturated rings. The van der Waals surface area contributed by atoms with Gasteiger partial charge in [0.15, 0.2) is 5.96 Å². The lowest BCUT2D eigenvalue weighted by Crippen LogP contribution is -2.43. The van der Waals surface area contributed by atoms with E-state index < -0.39 is 0 Å². The van der Waals surface area contributed by atoms with Gasteiger partial charge < -0.3 is 14.8 Å². The molecule has 1 aromatic rings. The van der Waals surface area contributed by atoms with Gasteiger partial charge in [-0.3, -0.25) is 9.89 Å².